The van der Waals surface area contributed by atoms with Gasteiger partial charge in [0, 0.05) is 39.4 Å². The number of anilines is 1. The van der Waals surface area contributed by atoms with E-state index in [0.29, 0.717) is 11.8 Å². The molecule has 2 heterocycles. The maximum absolute atomic E-state index is 10.0. The minimum Gasteiger partial charge on any atom is -0.320 e. The predicted molar refractivity (Wildman–Crippen MR) is 188 cm³/mol. The van der Waals surface area contributed by atoms with Gasteiger partial charge >= 0.3 is 0 Å². The number of nitrogens with two attached hydrogens (primary N) is 1. The Bertz CT molecular complexity index is 2010. The van der Waals surface area contributed by atoms with Crippen molar-refractivity contribution in [2.24, 2.45) is 11.7 Å². The summed E-state index contributed by atoms with van der Waals surface area (Å²) in [6.45, 7) is 2.39. The fourth-order valence-corrected chi connectivity index (χ4v) is 7.94. The Morgan fingerprint density at radius 1 is 0.867 bits per heavy atom. The van der Waals surface area contributed by atoms with E-state index in [2.05, 4.69) is 120 Å². The third kappa shape index (κ3) is 4.43. The third-order valence-corrected chi connectivity index (χ3v) is 10.0. The van der Waals surface area contributed by atoms with Crippen molar-refractivity contribution in [1.29, 1.82) is 5.41 Å². The first-order chi connectivity index (χ1) is 22.1. The van der Waals surface area contributed by atoms with Crippen molar-refractivity contribution in [3.05, 3.63) is 156 Å². The second-order valence-electron chi connectivity index (χ2n) is 12.6. The first-order valence-corrected chi connectivity index (χ1v) is 16.2. The molecule has 0 amide bonds. The van der Waals surface area contributed by atoms with E-state index >= 15 is 0 Å². The standard InChI is InChI=1S/C41H38N4/c1-27-15-14-26-36-37(27)40-38(32-22-10-12-24-34(32)44(40)29-18-6-3-7-19-29)33-23-11-13-25-35(33)45(36)41(43)31-21-9-8-20-30(31)39(42)28-16-4-2-5-17-28/h2-6,8-14,16-18,20-27,36-37,39,43H,7,15,19,42H2,1H3/t27-,36?,37-,39?/m0/s1. The summed E-state index contributed by atoms with van der Waals surface area (Å²) >= 11 is 0. The average molecular weight is 587 g/mol. The summed E-state index contributed by atoms with van der Waals surface area (Å²) in [4.78, 5) is 2.30. The van der Waals surface area contributed by atoms with Gasteiger partial charge in [-0.1, -0.05) is 122 Å². The van der Waals surface area contributed by atoms with Crippen LogP contribution < -0.4 is 10.6 Å². The van der Waals surface area contributed by atoms with Gasteiger partial charge in [-0.15, -0.1) is 0 Å². The van der Waals surface area contributed by atoms with Gasteiger partial charge in [0.2, 0.25) is 0 Å². The van der Waals surface area contributed by atoms with Crippen LogP contribution in [0.5, 0.6) is 0 Å². The second-order valence-corrected chi connectivity index (χ2v) is 12.6. The number of nitrogens with one attached hydrogen (secondary N) is 1. The minimum atomic E-state index is -0.335. The minimum absolute atomic E-state index is 0.0348. The molecule has 222 valence electrons. The number of amidine groups is 1. The van der Waals surface area contributed by atoms with E-state index in [1.54, 1.807) is 0 Å². The van der Waals surface area contributed by atoms with Gasteiger partial charge in [0.05, 0.1) is 23.3 Å². The fourth-order valence-electron chi connectivity index (χ4n) is 7.94. The SMILES string of the molecule is C[C@H]1CC=CC2[C@H]1c1c(c3ccccc3n1C1=CC=CCC1)-c1ccccc1N2C(=N)c1ccccc1C(N)c1ccccc1. The van der Waals surface area contributed by atoms with Crippen molar-refractivity contribution >= 4 is 28.1 Å². The maximum atomic E-state index is 10.0. The fraction of sp³-hybridized carbons (Fsp3) is 0.195. The quantitative estimate of drug-likeness (QED) is 0.125. The summed E-state index contributed by atoms with van der Waals surface area (Å²) in [5.41, 5.74) is 17.3. The first-order valence-electron chi connectivity index (χ1n) is 16.2. The molecule has 1 aliphatic heterocycles. The summed E-state index contributed by atoms with van der Waals surface area (Å²) in [6, 6.07) is 35.7. The van der Waals surface area contributed by atoms with Gasteiger partial charge in [0.15, 0.2) is 0 Å². The highest BCUT2D eigenvalue weighted by atomic mass is 15.2. The number of benzene rings is 4. The van der Waals surface area contributed by atoms with Crippen molar-refractivity contribution in [3.63, 3.8) is 0 Å². The molecule has 45 heavy (non-hydrogen) atoms. The van der Waals surface area contributed by atoms with Crippen LogP contribution in [-0.2, 0) is 0 Å². The highest BCUT2D eigenvalue weighted by Crippen LogP contribution is 2.53. The Labute approximate surface area is 265 Å². The van der Waals surface area contributed by atoms with E-state index in [-0.39, 0.29) is 18.0 Å². The van der Waals surface area contributed by atoms with E-state index in [9.17, 15) is 5.41 Å². The molecule has 0 bridgehead atoms. The zero-order valence-corrected chi connectivity index (χ0v) is 25.6. The molecule has 2 aliphatic carbocycles. The zero-order chi connectivity index (χ0) is 30.5. The summed E-state index contributed by atoms with van der Waals surface area (Å²) in [7, 11) is 0. The van der Waals surface area contributed by atoms with Gasteiger partial charge in [-0.2, -0.15) is 0 Å². The predicted octanol–water partition coefficient (Wildman–Crippen LogP) is 9.44. The molecule has 0 saturated carbocycles. The number of rotatable bonds is 4. The molecule has 2 unspecified atom stereocenters. The van der Waals surface area contributed by atoms with Gasteiger partial charge in [0.25, 0.3) is 0 Å². The maximum Gasteiger partial charge on any atom is 0.133 e. The number of fused-ring (bicyclic) bond motifs is 7. The summed E-state index contributed by atoms with van der Waals surface area (Å²) in [5.74, 6) is 1.04. The van der Waals surface area contributed by atoms with Crippen molar-refractivity contribution in [2.45, 2.75) is 44.2 Å². The summed E-state index contributed by atoms with van der Waals surface area (Å²) in [6.07, 6.45) is 14.5. The summed E-state index contributed by atoms with van der Waals surface area (Å²) < 4.78 is 2.57. The average Bonchev–Trinajstić information content (AvgIpc) is 3.37. The number of hydrogen-bond acceptors (Lipinski definition) is 2. The number of nitrogens with zero attached hydrogens (tertiary/aromatic N) is 2. The molecule has 8 rings (SSSR count). The van der Waals surface area contributed by atoms with Crippen LogP contribution in [0.1, 0.15) is 60.5 Å². The lowest BCUT2D eigenvalue weighted by Crippen LogP contribution is -2.46. The molecule has 4 heteroatoms. The lowest BCUT2D eigenvalue weighted by Gasteiger charge is -2.41. The molecule has 0 spiro atoms. The van der Waals surface area contributed by atoms with Gasteiger partial charge in [-0.25, -0.2) is 0 Å². The Morgan fingerprint density at radius 2 is 1.62 bits per heavy atom. The highest BCUT2D eigenvalue weighted by Gasteiger charge is 2.43. The zero-order valence-electron chi connectivity index (χ0n) is 25.6. The molecule has 5 aromatic rings. The van der Waals surface area contributed by atoms with E-state index in [1.165, 1.54) is 33.4 Å². The van der Waals surface area contributed by atoms with Gasteiger partial charge in [-0.05, 0) is 54.5 Å². The van der Waals surface area contributed by atoms with Crippen LogP contribution in [-0.4, -0.2) is 16.4 Å². The number of hydrogen-bond donors (Lipinski definition) is 2. The van der Waals surface area contributed by atoms with Crippen LogP contribution in [0.3, 0.4) is 0 Å². The molecular formula is C41H38N4. The van der Waals surface area contributed by atoms with E-state index in [0.717, 1.165) is 41.6 Å². The van der Waals surface area contributed by atoms with Crippen molar-refractivity contribution in [3.8, 4) is 11.1 Å². The Balaban J connectivity index is 1.38. The summed E-state index contributed by atoms with van der Waals surface area (Å²) in [5, 5.41) is 11.3. The Kier molecular flexibility index (Phi) is 6.88. The van der Waals surface area contributed by atoms with E-state index < -0.39 is 0 Å². The third-order valence-electron chi connectivity index (χ3n) is 10.0. The molecule has 0 saturated heterocycles. The molecular weight excluding hydrogens is 548 g/mol. The van der Waals surface area contributed by atoms with Crippen molar-refractivity contribution < 1.29 is 0 Å². The molecule has 1 aromatic heterocycles. The van der Waals surface area contributed by atoms with Gasteiger partial charge in [-0.3, -0.25) is 5.41 Å². The first kappa shape index (κ1) is 27.6. The highest BCUT2D eigenvalue weighted by molar-refractivity contribution is 6.14. The van der Waals surface area contributed by atoms with Crippen LogP contribution in [0.2, 0.25) is 0 Å². The van der Waals surface area contributed by atoms with Crippen LogP contribution in [0.15, 0.2) is 134 Å². The molecule has 3 N–H and O–H groups in total. The van der Waals surface area contributed by atoms with Crippen LogP contribution in [0.25, 0.3) is 27.7 Å². The molecule has 0 radical (unpaired) electrons. The lowest BCUT2D eigenvalue weighted by atomic mass is 9.77. The topological polar surface area (TPSA) is 58.0 Å². The number of aromatic nitrogens is 1. The normalized spacial score (nSPS) is 21.0. The molecule has 4 nitrogen and oxygen atoms in total. The number of allylic oxidation sites excluding steroid dienone is 5. The van der Waals surface area contributed by atoms with Crippen LogP contribution in [0, 0.1) is 11.3 Å². The monoisotopic (exact) mass is 586 g/mol. The van der Waals surface area contributed by atoms with Gasteiger partial charge in [0.1, 0.15) is 5.84 Å². The Hall–Kier alpha value is -4.93. The van der Waals surface area contributed by atoms with Crippen LogP contribution in [0.4, 0.5) is 5.69 Å². The smallest absolute Gasteiger partial charge is 0.133 e. The molecule has 4 aromatic carbocycles. The number of para-hydroxylation sites is 2. The van der Waals surface area contributed by atoms with Crippen molar-refractivity contribution in [2.75, 3.05) is 4.90 Å². The largest absolute Gasteiger partial charge is 0.320 e. The lowest BCUT2D eigenvalue weighted by molar-refractivity contribution is 0.403. The molecule has 4 atom stereocenters. The van der Waals surface area contributed by atoms with E-state index in [1.807, 2.05) is 30.3 Å². The molecule has 0 fully saturated rings. The van der Waals surface area contributed by atoms with Crippen molar-refractivity contribution in [1.82, 2.24) is 4.57 Å². The second kappa shape index (κ2) is 11.2. The van der Waals surface area contributed by atoms with E-state index in [4.69, 9.17) is 5.73 Å². The Morgan fingerprint density at radius 3 is 2.47 bits per heavy atom. The van der Waals surface area contributed by atoms with Gasteiger partial charge < -0.3 is 15.2 Å². The van der Waals surface area contributed by atoms with Crippen LogP contribution >= 0.6 is 0 Å². The molecule has 3 aliphatic rings.